The van der Waals surface area contributed by atoms with Gasteiger partial charge in [-0.1, -0.05) is 11.6 Å². The van der Waals surface area contributed by atoms with Crippen LogP contribution in [-0.2, 0) is 4.79 Å². The lowest BCUT2D eigenvalue weighted by Crippen LogP contribution is -2.46. The van der Waals surface area contributed by atoms with Crippen LogP contribution >= 0.6 is 27.5 Å². The van der Waals surface area contributed by atoms with Crippen LogP contribution in [0.3, 0.4) is 0 Å². The van der Waals surface area contributed by atoms with Crippen LogP contribution in [0.15, 0.2) is 22.7 Å². The van der Waals surface area contributed by atoms with E-state index in [1.807, 2.05) is 20.8 Å². The normalized spacial score (nSPS) is 13.0. The largest absolute Gasteiger partial charge is 0.480 e. The van der Waals surface area contributed by atoms with Crippen LogP contribution in [-0.4, -0.2) is 17.6 Å². The van der Waals surface area contributed by atoms with Gasteiger partial charge in [-0.05, 0) is 61.8 Å². The van der Waals surface area contributed by atoms with E-state index in [2.05, 4.69) is 21.2 Å². The maximum absolute atomic E-state index is 11.9. The van der Waals surface area contributed by atoms with Crippen molar-refractivity contribution in [2.45, 2.75) is 39.3 Å². The highest BCUT2D eigenvalue weighted by molar-refractivity contribution is 9.10. The van der Waals surface area contributed by atoms with Gasteiger partial charge in [0.05, 0.1) is 4.47 Å². The summed E-state index contributed by atoms with van der Waals surface area (Å²) in [5.74, 6) is 0.445. The first kappa shape index (κ1) is 15.3. The van der Waals surface area contributed by atoms with E-state index in [0.29, 0.717) is 10.8 Å². The molecular formula is C13H17BrClNO2. The SMILES string of the molecule is C[C@H](Oc1ccc(Cl)cc1Br)C(=O)NC(C)(C)C. The summed E-state index contributed by atoms with van der Waals surface area (Å²) in [4.78, 5) is 11.9. The zero-order chi connectivity index (χ0) is 13.9. The van der Waals surface area contributed by atoms with Crippen LogP contribution in [0, 0.1) is 0 Å². The van der Waals surface area contributed by atoms with Gasteiger partial charge in [0.15, 0.2) is 6.10 Å². The first-order valence-corrected chi connectivity index (χ1v) is 6.80. The Morgan fingerprint density at radius 3 is 2.56 bits per heavy atom. The molecule has 18 heavy (non-hydrogen) atoms. The molecule has 1 aromatic carbocycles. The van der Waals surface area contributed by atoms with Crippen molar-refractivity contribution in [3.63, 3.8) is 0 Å². The van der Waals surface area contributed by atoms with Crippen LogP contribution in [0.5, 0.6) is 5.75 Å². The molecule has 0 aromatic heterocycles. The molecule has 5 heteroatoms. The summed E-state index contributed by atoms with van der Waals surface area (Å²) in [6, 6.07) is 5.18. The second kappa shape index (κ2) is 5.93. The van der Waals surface area contributed by atoms with Gasteiger partial charge in [0.1, 0.15) is 5.75 Å². The number of benzene rings is 1. The molecule has 0 aliphatic carbocycles. The number of hydrogen-bond donors (Lipinski definition) is 1. The zero-order valence-electron chi connectivity index (χ0n) is 10.9. The maximum atomic E-state index is 11.9. The van der Waals surface area contributed by atoms with Crippen molar-refractivity contribution in [1.29, 1.82) is 0 Å². The smallest absolute Gasteiger partial charge is 0.261 e. The van der Waals surface area contributed by atoms with Gasteiger partial charge in [0.25, 0.3) is 5.91 Å². The summed E-state index contributed by atoms with van der Waals surface area (Å²) < 4.78 is 6.32. The summed E-state index contributed by atoms with van der Waals surface area (Å²) >= 11 is 9.18. The Morgan fingerprint density at radius 2 is 2.06 bits per heavy atom. The minimum absolute atomic E-state index is 0.149. The molecule has 1 amide bonds. The third kappa shape index (κ3) is 4.86. The predicted molar refractivity (Wildman–Crippen MR) is 77.1 cm³/mol. The number of carbonyl (C=O) groups excluding carboxylic acids is 1. The fraction of sp³-hybridized carbons (Fsp3) is 0.462. The minimum Gasteiger partial charge on any atom is -0.480 e. The molecule has 0 unspecified atom stereocenters. The molecule has 0 spiro atoms. The number of hydrogen-bond acceptors (Lipinski definition) is 2. The Labute approximate surface area is 121 Å². The highest BCUT2D eigenvalue weighted by Crippen LogP contribution is 2.28. The zero-order valence-corrected chi connectivity index (χ0v) is 13.2. The van der Waals surface area contributed by atoms with Gasteiger partial charge in [-0.2, -0.15) is 0 Å². The van der Waals surface area contributed by atoms with E-state index in [0.717, 1.165) is 4.47 Å². The number of amides is 1. The van der Waals surface area contributed by atoms with Crippen molar-refractivity contribution in [2.24, 2.45) is 0 Å². The molecule has 0 fully saturated rings. The number of halogens is 2. The van der Waals surface area contributed by atoms with Crippen LogP contribution in [0.4, 0.5) is 0 Å². The average Bonchev–Trinajstić information content (AvgIpc) is 2.19. The number of rotatable bonds is 3. The molecule has 0 saturated carbocycles. The third-order valence-electron chi connectivity index (χ3n) is 2.07. The molecule has 0 heterocycles. The lowest BCUT2D eigenvalue weighted by atomic mass is 10.1. The minimum atomic E-state index is -0.568. The fourth-order valence-electron chi connectivity index (χ4n) is 1.29. The molecule has 0 aliphatic rings. The van der Waals surface area contributed by atoms with Gasteiger partial charge < -0.3 is 10.1 Å². The van der Waals surface area contributed by atoms with Gasteiger partial charge in [-0.15, -0.1) is 0 Å². The van der Waals surface area contributed by atoms with E-state index < -0.39 is 6.10 Å². The van der Waals surface area contributed by atoms with E-state index in [-0.39, 0.29) is 11.4 Å². The monoisotopic (exact) mass is 333 g/mol. The highest BCUT2D eigenvalue weighted by atomic mass is 79.9. The van der Waals surface area contributed by atoms with Gasteiger partial charge in [-0.3, -0.25) is 4.79 Å². The molecular weight excluding hydrogens is 318 g/mol. The Hall–Kier alpha value is -0.740. The van der Waals surface area contributed by atoms with Crippen LogP contribution < -0.4 is 10.1 Å². The molecule has 0 aliphatic heterocycles. The van der Waals surface area contributed by atoms with Crippen LogP contribution in [0.2, 0.25) is 5.02 Å². The number of ether oxygens (including phenoxy) is 1. The van der Waals surface area contributed by atoms with E-state index in [1.54, 1.807) is 25.1 Å². The number of nitrogens with one attached hydrogen (secondary N) is 1. The summed E-state index contributed by atoms with van der Waals surface area (Å²) in [6.07, 6.45) is -0.568. The Kier molecular flexibility index (Phi) is 5.05. The molecule has 100 valence electrons. The predicted octanol–water partition coefficient (Wildman–Crippen LogP) is 3.78. The lowest BCUT2D eigenvalue weighted by Gasteiger charge is -2.23. The van der Waals surface area contributed by atoms with E-state index in [1.165, 1.54) is 0 Å². The van der Waals surface area contributed by atoms with Crippen molar-refractivity contribution >= 4 is 33.4 Å². The molecule has 1 aromatic rings. The topological polar surface area (TPSA) is 38.3 Å². The molecule has 0 saturated heterocycles. The van der Waals surface area contributed by atoms with Crippen molar-refractivity contribution in [3.05, 3.63) is 27.7 Å². The van der Waals surface area contributed by atoms with Crippen molar-refractivity contribution in [1.82, 2.24) is 5.32 Å². The Balaban J connectivity index is 2.69. The second-order valence-electron chi connectivity index (χ2n) is 5.07. The average molecular weight is 335 g/mol. The molecule has 3 nitrogen and oxygen atoms in total. The van der Waals surface area contributed by atoms with Crippen LogP contribution in [0.1, 0.15) is 27.7 Å². The molecule has 1 atom stereocenters. The first-order chi connectivity index (χ1) is 8.19. The summed E-state index contributed by atoms with van der Waals surface area (Å²) in [7, 11) is 0. The highest BCUT2D eigenvalue weighted by Gasteiger charge is 2.21. The van der Waals surface area contributed by atoms with Crippen molar-refractivity contribution < 1.29 is 9.53 Å². The lowest BCUT2D eigenvalue weighted by molar-refractivity contribution is -0.128. The standard InChI is InChI=1S/C13H17BrClNO2/c1-8(12(17)16-13(2,3)4)18-11-6-5-9(15)7-10(11)14/h5-8H,1-4H3,(H,16,17)/t8-/m0/s1. The molecule has 1 N–H and O–H groups in total. The van der Waals surface area contributed by atoms with Crippen LogP contribution in [0.25, 0.3) is 0 Å². The maximum Gasteiger partial charge on any atom is 0.261 e. The summed E-state index contributed by atoms with van der Waals surface area (Å²) in [6.45, 7) is 7.49. The van der Waals surface area contributed by atoms with E-state index in [9.17, 15) is 4.79 Å². The summed E-state index contributed by atoms with van der Waals surface area (Å²) in [5.41, 5.74) is -0.272. The summed E-state index contributed by atoms with van der Waals surface area (Å²) in [5, 5.41) is 3.48. The van der Waals surface area contributed by atoms with Gasteiger partial charge in [0, 0.05) is 10.6 Å². The Morgan fingerprint density at radius 1 is 1.44 bits per heavy atom. The number of carbonyl (C=O) groups is 1. The van der Waals surface area contributed by atoms with E-state index >= 15 is 0 Å². The van der Waals surface area contributed by atoms with E-state index in [4.69, 9.17) is 16.3 Å². The van der Waals surface area contributed by atoms with Gasteiger partial charge in [-0.25, -0.2) is 0 Å². The molecule has 1 rings (SSSR count). The third-order valence-corrected chi connectivity index (χ3v) is 2.92. The molecule has 0 radical (unpaired) electrons. The quantitative estimate of drug-likeness (QED) is 0.913. The molecule has 0 bridgehead atoms. The second-order valence-corrected chi connectivity index (χ2v) is 6.36. The fourth-order valence-corrected chi connectivity index (χ4v) is 2.06. The Bertz CT molecular complexity index is 443. The van der Waals surface area contributed by atoms with Gasteiger partial charge in [0.2, 0.25) is 0 Å². The van der Waals surface area contributed by atoms with Crippen molar-refractivity contribution in [3.8, 4) is 5.75 Å². The van der Waals surface area contributed by atoms with Crippen molar-refractivity contribution in [2.75, 3.05) is 0 Å². The first-order valence-electron chi connectivity index (χ1n) is 5.63. The van der Waals surface area contributed by atoms with Gasteiger partial charge >= 0.3 is 0 Å².